The second kappa shape index (κ2) is 6.68. The first kappa shape index (κ1) is 18.8. The topological polar surface area (TPSA) is 54.6 Å². The van der Waals surface area contributed by atoms with E-state index in [4.69, 9.17) is 4.74 Å². The summed E-state index contributed by atoms with van der Waals surface area (Å²) in [6, 6.07) is 13.6. The fourth-order valence-corrected chi connectivity index (χ4v) is 4.47. The van der Waals surface area contributed by atoms with E-state index in [9.17, 15) is 18.0 Å². The molecule has 156 valence electrons. The Morgan fingerprint density at radius 3 is 2.63 bits per heavy atom. The third-order valence-electron chi connectivity index (χ3n) is 6.03. The number of alkyl halides is 3. The van der Waals surface area contributed by atoms with Gasteiger partial charge in [-0.05, 0) is 43.2 Å². The molecule has 0 unspecified atom stereocenters. The van der Waals surface area contributed by atoms with Gasteiger partial charge in [-0.2, -0.15) is 0 Å². The number of carbonyl (C=O) groups excluding carboxylic acids is 1. The van der Waals surface area contributed by atoms with Gasteiger partial charge in [-0.25, -0.2) is 0 Å². The Balaban J connectivity index is 1.32. The number of benzene rings is 2. The van der Waals surface area contributed by atoms with Crippen LogP contribution in [0.15, 0.2) is 48.5 Å². The van der Waals surface area contributed by atoms with Crippen LogP contribution >= 0.6 is 0 Å². The predicted octanol–water partition coefficient (Wildman–Crippen LogP) is 4.63. The number of aromatic nitrogens is 1. The molecule has 0 radical (unpaired) electrons. The molecule has 0 aliphatic carbocycles. The van der Waals surface area contributed by atoms with E-state index in [2.05, 4.69) is 15.8 Å². The first-order chi connectivity index (χ1) is 14.3. The van der Waals surface area contributed by atoms with Gasteiger partial charge in [-0.1, -0.05) is 18.2 Å². The fourth-order valence-electron chi connectivity index (χ4n) is 4.47. The molecule has 1 aromatic heterocycles. The molecular weight excluding hydrogens is 397 g/mol. The number of halogens is 3. The highest BCUT2D eigenvalue weighted by Crippen LogP contribution is 2.45. The molecule has 3 heterocycles. The lowest BCUT2D eigenvalue weighted by atomic mass is 9.74. The maximum atomic E-state index is 13.0. The van der Waals surface area contributed by atoms with Crippen molar-refractivity contribution in [1.29, 1.82) is 0 Å². The molecule has 8 heteroatoms. The second-order valence-electron chi connectivity index (χ2n) is 7.84. The summed E-state index contributed by atoms with van der Waals surface area (Å²) in [7, 11) is 0. The Morgan fingerprint density at radius 1 is 1.10 bits per heavy atom. The molecule has 1 spiro atoms. The highest BCUT2D eigenvalue weighted by molar-refractivity contribution is 5.98. The van der Waals surface area contributed by atoms with Crippen molar-refractivity contribution >= 4 is 16.8 Å². The van der Waals surface area contributed by atoms with Gasteiger partial charge in [0.25, 0.3) is 5.91 Å². The Kier molecular flexibility index (Phi) is 4.20. The van der Waals surface area contributed by atoms with Crippen LogP contribution in [0.4, 0.5) is 13.2 Å². The Morgan fingerprint density at radius 2 is 1.87 bits per heavy atom. The zero-order valence-electron chi connectivity index (χ0n) is 16.0. The number of para-hydroxylation sites is 1. The number of nitrogens with zero attached hydrogens (tertiary/aromatic N) is 1. The van der Waals surface area contributed by atoms with E-state index in [0.29, 0.717) is 36.3 Å². The number of amides is 1. The fraction of sp³-hybridized carbons (Fsp3) is 0.318. The van der Waals surface area contributed by atoms with E-state index in [1.54, 1.807) is 11.0 Å². The van der Waals surface area contributed by atoms with Crippen molar-refractivity contribution in [1.82, 2.24) is 9.88 Å². The molecule has 5 rings (SSSR count). The van der Waals surface area contributed by atoms with Gasteiger partial charge < -0.3 is 19.4 Å². The highest BCUT2D eigenvalue weighted by Gasteiger charge is 2.43. The monoisotopic (exact) mass is 416 g/mol. The van der Waals surface area contributed by atoms with Crippen molar-refractivity contribution in [3.63, 3.8) is 0 Å². The number of rotatable bonds is 2. The van der Waals surface area contributed by atoms with Gasteiger partial charge in [0.2, 0.25) is 0 Å². The van der Waals surface area contributed by atoms with E-state index >= 15 is 0 Å². The molecule has 0 atom stereocenters. The van der Waals surface area contributed by atoms with Crippen molar-refractivity contribution in [3.05, 3.63) is 59.8 Å². The van der Waals surface area contributed by atoms with E-state index < -0.39 is 6.36 Å². The smallest absolute Gasteiger partial charge is 0.492 e. The summed E-state index contributed by atoms with van der Waals surface area (Å²) < 4.78 is 47.1. The molecule has 3 aromatic rings. The number of nitrogens with one attached hydrogen (secondary N) is 1. The first-order valence-electron chi connectivity index (χ1n) is 9.73. The normalized spacial score (nSPS) is 17.8. The van der Waals surface area contributed by atoms with Crippen molar-refractivity contribution in [2.75, 3.05) is 19.7 Å². The highest BCUT2D eigenvalue weighted by atomic mass is 19.4. The minimum absolute atomic E-state index is 0.0579. The van der Waals surface area contributed by atoms with E-state index in [-0.39, 0.29) is 17.1 Å². The number of fused-ring (bicyclic) bond motifs is 3. The predicted molar refractivity (Wildman–Crippen MR) is 104 cm³/mol. The maximum absolute atomic E-state index is 13.0. The quantitative estimate of drug-likeness (QED) is 0.663. The molecule has 1 N–H and O–H groups in total. The van der Waals surface area contributed by atoms with E-state index in [0.717, 1.165) is 18.6 Å². The minimum atomic E-state index is -4.75. The molecule has 0 saturated carbocycles. The summed E-state index contributed by atoms with van der Waals surface area (Å²) in [4.78, 5) is 17.8. The summed E-state index contributed by atoms with van der Waals surface area (Å²) in [5.74, 6) is 0.448. The van der Waals surface area contributed by atoms with Crippen molar-refractivity contribution < 1.29 is 27.4 Å². The number of ether oxygens (including phenoxy) is 2. The zero-order valence-corrected chi connectivity index (χ0v) is 16.0. The Hall–Kier alpha value is -3.16. The van der Waals surface area contributed by atoms with Crippen LogP contribution in [-0.2, 0) is 5.41 Å². The molecule has 0 bridgehead atoms. The summed E-state index contributed by atoms with van der Waals surface area (Å²) in [5.41, 5.74) is 2.09. The molecule has 5 nitrogen and oxygen atoms in total. The average Bonchev–Trinajstić information content (AvgIpc) is 3.29. The Bertz CT molecular complexity index is 1110. The number of hydrogen-bond donors (Lipinski definition) is 1. The number of hydrogen-bond acceptors (Lipinski definition) is 3. The van der Waals surface area contributed by atoms with Gasteiger partial charge in [0.05, 0.1) is 6.61 Å². The number of H-pyrrole nitrogens is 1. The molecular formula is C22H19F3N2O3. The van der Waals surface area contributed by atoms with Gasteiger partial charge >= 0.3 is 6.36 Å². The van der Waals surface area contributed by atoms with Crippen LogP contribution < -0.4 is 9.47 Å². The number of aromatic amines is 1. The average molecular weight is 416 g/mol. The Labute approximate surface area is 170 Å². The van der Waals surface area contributed by atoms with Gasteiger partial charge in [0.15, 0.2) is 0 Å². The lowest BCUT2D eigenvalue weighted by molar-refractivity contribution is -0.274. The SMILES string of the molecule is O=C(c1cc2cc(OC(F)(F)F)ccc2[nH]1)N1CCC2(CC1)COc1ccccc12. The van der Waals surface area contributed by atoms with Crippen molar-refractivity contribution in [2.24, 2.45) is 0 Å². The number of piperidine rings is 1. The standard InChI is InChI=1S/C22H19F3N2O3/c23-22(24,25)30-15-5-6-17-14(11-15)12-18(26-17)20(28)27-9-7-21(8-10-27)13-29-19-4-2-1-3-16(19)21/h1-6,11-12,26H,7-10,13H2. The van der Waals surface area contributed by atoms with Crippen molar-refractivity contribution in [2.45, 2.75) is 24.6 Å². The zero-order chi connectivity index (χ0) is 20.9. The lowest BCUT2D eigenvalue weighted by Gasteiger charge is -2.38. The largest absolute Gasteiger partial charge is 0.573 e. The first-order valence-corrected chi connectivity index (χ1v) is 9.73. The van der Waals surface area contributed by atoms with Crippen molar-refractivity contribution in [3.8, 4) is 11.5 Å². The van der Waals surface area contributed by atoms with Crippen LogP contribution in [0.3, 0.4) is 0 Å². The molecule has 2 aliphatic heterocycles. The lowest BCUT2D eigenvalue weighted by Crippen LogP contribution is -2.46. The molecule has 2 aliphatic rings. The molecule has 1 fully saturated rings. The molecule has 1 saturated heterocycles. The van der Waals surface area contributed by atoms with Crippen LogP contribution in [-0.4, -0.2) is 41.8 Å². The molecule has 2 aromatic carbocycles. The number of carbonyl (C=O) groups is 1. The van der Waals surface area contributed by atoms with Crippen LogP contribution in [0.5, 0.6) is 11.5 Å². The van der Waals surface area contributed by atoms with Gasteiger partial charge in [-0.3, -0.25) is 4.79 Å². The van der Waals surface area contributed by atoms with Crippen LogP contribution in [0.25, 0.3) is 10.9 Å². The summed E-state index contributed by atoms with van der Waals surface area (Å²) in [6.07, 6.45) is -3.14. The number of likely N-dealkylation sites (tertiary alicyclic amines) is 1. The summed E-state index contributed by atoms with van der Waals surface area (Å²) >= 11 is 0. The van der Waals surface area contributed by atoms with Gasteiger partial charge in [0, 0.05) is 35.0 Å². The third kappa shape index (κ3) is 3.26. The molecule has 30 heavy (non-hydrogen) atoms. The van der Waals surface area contributed by atoms with E-state index in [1.165, 1.54) is 23.8 Å². The van der Waals surface area contributed by atoms with Crippen LogP contribution in [0, 0.1) is 0 Å². The van der Waals surface area contributed by atoms with Crippen LogP contribution in [0.1, 0.15) is 28.9 Å². The van der Waals surface area contributed by atoms with Crippen LogP contribution in [0.2, 0.25) is 0 Å². The third-order valence-corrected chi connectivity index (χ3v) is 6.03. The summed E-state index contributed by atoms with van der Waals surface area (Å²) in [6.45, 7) is 1.81. The second-order valence-corrected chi connectivity index (χ2v) is 7.84. The van der Waals surface area contributed by atoms with Gasteiger partial charge in [0.1, 0.15) is 17.2 Å². The minimum Gasteiger partial charge on any atom is -0.492 e. The summed E-state index contributed by atoms with van der Waals surface area (Å²) in [5, 5.41) is 0.492. The van der Waals surface area contributed by atoms with Gasteiger partial charge in [-0.15, -0.1) is 13.2 Å². The maximum Gasteiger partial charge on any atom is 0.573 e. The van der Waals surface area contributed by atoms with E-state index in [1.807, 2.05) is 18.2 Å². The molecule has 1 amide bonds.